The van der Waals surface area contributed by atoms with E-state index in [4.69, 9.17) is 0 Å². The van der Waals surface area contributed by atoms with Gasteiger partial charge in [-0.05, 0) is 12.3 Å². The minimum Gasteiger partial charge on any atom is -0.466 e. The molecule has 4 heteroatoms. The van der Waals surface area contributed by atoms with Gasteiger partial charge in [0.25, 0.3) is 0 Å². The maximum Gasteiger partial charge on any atom is 0.334 e. The molecule has 0 amide bonds. The molecule has 0 bridgehead atoms. The molecule has 0 aromatic rings. The number of hydrogen-bond acceptors (Lipinski definition) is 4. The lowest BCUT2D eigenvalue weighted by Gasteiger charge is -2.10. The summed E-state index contributed by atoms with van der Waals surface area (Å²) in [6.07, 6.45) is 1.94. The minimum absolute atomic E-state index is 0.0125. The first-order chi connectivity index (χ1) is 6.56. The molecule has 80 valence electrons. The number of carbonyl (C=O) groups is 2. The van der Waals surface area contributed by atoms with E-state index >= 15 is 0 Å². The zero-order valence-corrected chi connectivity index (χ0v) is 8.99. The second-order valence-electron chi connectivity index (χ2n) is 2.92. The molecule has 0 heterocycles. The largest absolute Gasteiger partial charge is 0.466 e. The molecular weight excluding hydrogens is 184 g/mol. The van der Waals surface area contributed by atoms with Crippen LogP contribution in [0, 0.1) is 5.92 Å². The van der Waals surface area contributed by atoms with Gasteiger partial charge in [0.05, 0.1) is 14.2 Å². The Kier molecular flexibility index (Phi) is 5.60. The third-order valence-corrected chi connectivity index (χ3v) is 2.04. The number of methoxy groups -OCH3 is 2. The van der Waals surface area contributed by atoms with Crippen molar-refractivity contribution in [3.05, 3.63) is 11.6 Å². The summed E-state index contributed by atoms with van der Waals surface area (Å²) in [4.78, 5) is 22.2. The van der Waals surface area contributed by atoms with Gasteiger partial charge in [-0.15, -0.1) is 0 Å². The van der Waals surface area contributed by atoms with Crippen molar-refractivity contribution in [2.24, 2.45) is 5.92 Å². The normalized spacial score (nSPS) is 13.3. The quantitative estimate of drug-likeness (QED) is 0.507. The zero-order chi connectivity index (χ0) is 11.1. The number of rotatable bonds is 4. The fourth-order valence-corrected chi connectivity index (χ4v) is 0.926. The molecule has 0 N–H and O–H groups in total. The maximum absolute atomic E-state index is 11.3. The van der Waals surface area contributed by atoms with Crippen LogP contribution in [0.2, 0.25) is 0 Å². The van der Waals surface area contributed by atoms with Crippen molar-refractivity contribution in [1.82, 2.24) is 0 Å². The Bertz CT molecular complexity index is 243. The first-order valence-electron chi connectivity index (χ1n) is 4.44. The Balaban J connectivity index is 4.80. The van der Waals surface area contributed by atoms with E-state index in [1.165, 1.54) is 20.3 Å². The third-order valence-electron chi connectivity index (χ3n) is 2.04. The number of carbonyl (C=O) groups excluding carboxylic acids is 2. The summed E-state index contributed by atoms with van der Waals surface area (Å²) in [6, 6.07) is 0. The predicted molar refractivity (Wildman–Crippen MR) is 51.6 cm³/mol. The second-order valence-corrected chi connectivity index (χ2v) is 2.92. The molecule has 4 nitrogen and oxygen atoms in total. The molecule has 1 atom stereocenters. The molecule has 0 radical (unpaired) electrons. The van der Waals surface area contributed by atoms with Gasteiger partial charge in [0.1, 0.15) is 0 Å². The third kappa shape index (κ3) is 3.60. The smallest absolute Gasteiger partial charge is 0.334 e. The average molecular weight is 200 g/mol. The van der Waals surface area contributed by atoms with Crippen molar-refractivity contribution in [1.29, 1.82) is 0 Å². The van der Waals surface area contributed by atoms with Crippen molar-refractivity contribution in [3.8, 4) is 0 Å². The van der Waals surface area contributed by atoms with Crippen LogP contribution in [0.3, 0.4) is 0 Å². The van der Waals surface area contributed by atoms with Crippen LogP contribution < -0.4 is 0 Å². The molecule has 0 rings (SSSR count). The van der Waals surface area contributed by atoms with E-state index in [-0.39, 0.29) is 5.92 Å². The fraction of sp³-hybridized carbons (Fsp3) is 0.600. The molecule has 14 heavy (non-hydrogen) atoms. The van der Waals surface area contributed by atoms with Gasteiger partial charge in [0.15, 0.2) is 0 Å². The van der Waals surface area contributed by atoms with E-state index in [9.17, 15) is 9.59 Å². The highest BCUT2D eigenvalue weighted by atomic mass is 16.5. The van der Waals surface area contributed by atoms with Crippen molar-refractivity contribution in [2.75, 3.05) is 14.2 Å². The van der Waals surface area contributed by atoms with E-state index in [0.29, 0.717) is 5.57 Å². The van der Waals surface area contributed by atoms with Crippen LogP contribution in [0.5, 0.6) is 0 Å². The standard InChI is InChI=1S/C10H16O4/c1-5-7(2)8(10(12)14-4)6-9(11)13-3/h6-7H,5H2,1-4H3/b8-6-. The van der Waals surface area contributed by atoms with Crippen LogP contribution in [-0.4, -0.2) is 26.2 Å². The van der Waals surface area contributed by atoms with Crippen LogP contribution in [-0.2, 0) is 19.1 Å². The van der Waals surface area contributed by atoms with Gasteiger partial charge in [-0.3, -0.25) is 0 Å². The van der Waals surface area contributed by atoms with Crippen LogP contribution >= 0.6 is 0 Å². The Morgan fingerprint density at radius 2 is 1.86 bits per heavy atom. The van der Waals surface area contributed by atoms with Crippen molar-refractivity contribution in [2.45, 2.75) is 20.3 Å². The maximum atomic E-state index is 11.3. The minimum atomic E-state index is -0.536. The highest BCUT2D eigenvalue weighted by Gasteiger charge is 2.17. The van der Waals surface area contributed by atoms with Crippen LogP contribution in [0.1, 0.15) is 20.3 Å². The average Bonchev–Trinajstić information content (AvgIpc) is 2.23. The molecule has 0 aliphatic heterocycles. The van der Waals surface area contributed by atoms with Crippen molar-refractivity contribution < 1.29 is 19.1 Å². The van der Waals surface area contributed by atoms with Gasteiger partial charge >= 0.3 is 11.9 Å². The monoisotopic (exact) mass is 200 g/mol. The molecule has 0 aromatic heterocycles. The van der Waals surface area contributed by atoms with Crippen LogP contribution in [0.25, 0.3) is 0 Å². The summed E-state index contributed by atoms with van der Waals surface area (Å²) in [5.41, 5.74) is 0.349. The van der Waals surface area contributed by atoms with E-state index in [1.807, 2.05) is 13.8 Å². The van der Waals surface area contributed by atoms with Gasteiger partial charge in [0.2, 0.25) is 0 Å². The molecule has 0 spiro atoms. The lowest BCUT2D eigenvalue weighted by molar-refractivity contribution is -0.139. The Morgan fingerprint density at radius 3 is 2.21 bits per heavy atom. The highest BCUT2D eigenvalue weighted by Crippen LogP contribution is 2.15. The van der Waals surface area contributed by atoms with Gasteiger partial charge in [-0.2, -0.15) is 0 Å². The van der Waals surface area contributed by atoms with Crippen molar-refractivity contribution >= 4 is 11.9 Å². The molecule has 0 saturated carbocycles. The second kappa shape index (κ2) is 6.18. The molecule has 0 aromatic carbocycles. The highest BCUT2D eigenvalue weighted by molar-refractivity contribution is 5.96. The fourth-order valence-electron chi connectivity index (χ4n) is 0.926. The van der Waals surface area contributed by atoms with Crippen LogP contribution in [0.15, 0.2) is 11.6 Å². The van der Waals surface area contributed by atoms with Gasteiger partial charge < -0.3 is 9.47 Å². The summed E-state index contributed by atoms with van der Waals surface area (Å²) in [5.74, 6) is -1.03. The van der Waals surface area contributed by atoms with Crippen LogP contribution in [0.4, 0.5) is 0 Å². The van der Waals surface area contributed by atoms with Gasteiger partial charge in [0, 0.05) is 11.6 Å². The first kappa shape index (κ1) is 12.7. The van der Waals surface area contributed by atoms with Gasteiger partial charge in [-0.25, -0.2) is 9.59 Å². The van der Waals surface area contributed by atoms with E-state index in [1.54, 1.807) is 0 Å². The molecule has 0 saturated heterocycles. The molecule has 0 aliphatic carbocycles. The molecule has 0 fully saturated rings. The zero-order valence-electron chi connectivity index (χ0n) is 8.99. The Hall–Kier alpha value is -1.32. The molecular formula is C10H16O4. The number of ether oxygens (including phenoxy) is 2. The van der Waals surface area contributed by atoms with E-state index in [2.05, 4.69) is 9.47 Å². The molecule has 1 unspecified atom stereocenters. The summed E-state index contributed by atoms with van der Waals surface area (Å²) in [7, 11) is 2.56. The first-order valence-corrected chi connectivity index (χ1v) is 4.44. The summed E-state index contributed by atoms with van der Waals surface area (Å²) >= 11 is 0. The van der Waals surface area contributed by atoms with Crippen molar-refractivity contribution in [3.63, 3.8) is 0 Å². The number of hydrogen-bond donors (Lipinski definition) is 0. The summed E-state index contributed by atoms with van der Waals surface area (Å²) in [6.45, 7) is 3.78. The van der Waals surface area contributed by atoms with Gasteiger partial charge in [-0.1, -0.05) is 13.8 Å². The Labute approximate surface area is 83.9 Å². The summed E-state index contributed by atoms with van der Waals surface area (Å²) < 4.78 is 9.01. The number of esters is 2. The lowest BCUT2D eigenvalue weighted by atomic mass is 9.98. The topological polar surface area (TPSA) is 52.6 Å². The SMILES string of the molecule is CCC(C)/C(=C/C(=O)OC)C(=O)OC. The predicted octanol–water partition coefficient (Wildman–Crippen LogP) is 1.30. The lowest BCUT2D eigenvalue weighted by Crippen LogP contribution is -2.14. The Morgan fingerprint density at radius 1 is 1.29 bits per heavy atom. The molecule has 0 aliphatic rings. The van der Waals surface area contributed by atoms with E-state index < -0.39 is 11.9 Å². The van der Waals surface area contributed by atoms with E-state index in [0.717, 1.165) is 6.42 Å². The summed E-state index contributed by atoms with van der Waals surface area (Å²) in [5, 5.41) is 0.